The van der Waals surface area contributed by atoms with Crippen molar-refractivity contribution in [2.75, 3.05) is 24.6 Å². The van der Waals surface area contributed by atoms with Crippen LogP contribution in [0.4, 0.5) is 5.95 Å². The first-order chi connectivity index (χ1) is 9.65. The molecule has 1 saturated heterocycles. The van der Waals surface area contributed by atoms with Gasteiger partial charge in [-0.25, -0.2) is 0 Å². The number of amides is 1. The third-order valence-electron chi connectivity index (χ3n) is 4.06. The molecular weight excluding hydrogens is 274 g/mol. The normalized spacial score (nSPS) is 20.4. The van der Waals surface area contributed by atoms with Gasteiger partial charge in [0, 0.05) is 19.1 Å². The van der Waals surface area contributed by atoms with Gasteiger partial charge in [0.2, 0.25) is 11.9 Å². The number of aromatic nitrogens is 3. The van der Waals surface area contributed by atoms with Crippen LogP contribution in [0.1, 0.15) is 38.6 Å². The van der Waals surface area contributed by atoms with Gasteiger partial charge >= 0.3 is 0 Å². The van der Waals surface area contributed by atoms with E-state index in [2.05, 4.69) is 17.1 Å². The molecule has 2 heterocycles. The highest BCUT2D eigenvalue weighted by atomic mass is 32.2. The molecule has 1 aliphatic heterocycles. The number of nitrogen functional groups attached to an aromatic ring is 1. The summed E-state index contributed by atoms with van der Waals surface area (Å²) in [7, 11) is 0. The quantitative estimate of drug-likeness (QED) is 0.853. The zero-order valence-electron chi connectivity index (χ0n) is 11.8. The van der Waals surface area contributed by atoms with E-state index in [1.807, 2.05) is 9.47 Å². The van der Waals surface area contributed by atoms with Crippen molar-refractivity contribution in [2.45, 2.75) is 43.8 Å². The van der Waals surface area contributed by atoms with E-state index < -0.39 is 0 Å². The molecule has 0 bridgehead atoms. The molecule has 0 unspecified atom stereocenters. The molecular formula is C13H21N5OS. The first kappa shape index (κ1) is 13.7. The van der Waals surface area contributed by atoms with Crippen molar-refractivity contribution >= 4 is 23.6 Å². The van der Waals surface area contributed by atoms with Gasteiger partial charge in [0.1, 0.15) is 0 Å². The fraction of sp³-hybridized carbons (Fsp3) is 0.769. The lowest BCUT2D eigenvalue weighted by Gasteiger charge is -2.30. The Balaban J connectivity index is 1.55. The standard InChI is InChI=1S/C13H21N5OS/c1-9-4-6-17(7-5-9)11(19)8-20-13-16-15-12(14)18(13)10-2-3-10/h9-10H,2-8H2,1H3,(H2,14,15). The van der Waals surface area contributed by atoms with Crippen molar-refractivity contribution in [3.05, 3.63) is 0 Å². The van der Waals surface area contributed by atoms with Crippen LogP contribution in [0, 0.1) is 5.92 Å². The second kappa shape index (κ2) is 5.63. The number of nitrogens with zero attached hydrogens (tertiary/aromatic N) is 4. The van der Waals surface area contributed by atoms with Gasteiger partial charge in [0.25, 0.3) is 0 Å². The van der Waals surface area contributed by atoms with Crippen molar-refractivity contribution < 1.29 is 4.79 Å². The summed E-state index contributed by atoms with van der Waals surface area (Å²) < 4.78 is 1.97. The smallest absolute Gasteiger partial charge is 0.233 e. The lowest BCUT2D eigenvalue weighted by atomic mass is 9.99. The number of likely N-dealkylation sites (tertiary alicyclic amines) is 1. The third-order valence-corrected chi connectivity index (χ3v) is 4.99. The van der Waals surface area contributed by atoms with Crippen LogP contribution in [0.2, 0.25) is 0 Å². The molecule has 1 amide bonds. The molecule has 1 saturated carbocycles. The van der Waals surface area contributed by atoms with Crippen LogP contribution in [0.15, 0.2) is 5.16 Å². The predicted molar refractivity (Wildman–Crippen MR) is 78.4 cm³/mol. The van der Waals surface area contributed by atoms with Gasteiger partial charge in [-0.3, -0.25) is 9.36 Å². The van der Waals surface area contributed by atoms with Gasteiger partial charge in [-0.15, -0.1) is 10.2 Å². The SMILES string of the molecule is CC1CCN(C(=O)CSc2nnc(N)n2C2CC2)CC1. The van der Waals surface area contributed by atoms with E-state index in [0.717, 1.165) is 49.8 Å². The fourth-order valence-electron chi connectivity index (χ4n) is 2.54. The van der Waals surface area contributed by atoms with E-state index in [4.69, 9.17) is 5.73 Å². The molecule has 1 aliphatic carbocycles. The highest BCUT2D eigenvalue weighted by molar-refractivity contribution is 7.99. The molecule has 6 nitrogen and oxygen atoms in total. The molecule has 2 aliphatic rings. The van der Waals surface area contributed by atoms with Crippen molar-refractivity contribution in [1.82, 2.24) is 19.7 Å². The largest absolute Gasteiger partial charge is 0.368 e. The summed E-state index contributed by atoms with van der Waals surface area (Å²) >= 11 is 1.46. The van der Waals surface area contributed by atoms with Crippen LogP contribution in [-0.2, 0) is 4.79 Å². The van der Waals surface area contributed by atoms with Crippen molar-refractivity contribution in [1.29, 1.82) is 0 Å². The first-order valence-electron chi connectivity index (χ1n) is 7.26. The number of nitrogens with two attached hydrogens (primary N) is 1. The van der Waals surface area contributed by atoms with Gasteiger partial charge in [0.15, 0.2) is 5.16 Å². The van der Waals surface area contributed by atoms with E-state index in [-0.39, 0.29) is 5.91 Å². The third kappa shape index (κ3) is 2.92. The Morgan fingerprint density at radius 2 is 2.00 bits per heavy atom. The number of thioether (sulfide) groups is 1. The Morgan fingerprint density at radius 3 is 2.65 bits per heavy atom. The summed E-state index contributed by atoms with van der Waals surface area (Å²) in [5.41, 5.74) is 5.83. The highest BCUT2D eigenvalue weighted by Crippen LogP contribution is 2.39. The van der Waals surface area contributed by atoms with Crippen LogP contribution in [0.3, 0.4) is 0 Å². The van der Waals surface area contributed by atoms with Gasteiger partial charge in [-0.05, 0) is 31.6 Å². The number of hydrogen-bond acceptors (Lipinski definition) is 5. The Labute approximate surface area is 123 Å². The van der Waals surface area contributed by atoms with Crippen LogP contribution in [0.25, 0.3) is 0 Å². The van der Waals surface area contributed by atoms with E-state index >= 15 is 0 Å². The Morgan fingerprint density at radius 1 is 1.30 bits per heavy atom. The van der Waals surface area contributed by atoms with Gasteiger partial charge < -0.3 is 10.6 Å². The summed E-state index contributed by atoms with van der Waals surface area (Å²) in [5, 5.41) is 8.79. The van der Waals surface area contributed by atoms with E-state index in [1.54, 1.807) is 0 Å². The molecule has 0 aromatic carbocycles. The number of hydrogen-bond donors (Lipinski definition) is 1. The number of rotatable bonds is 4. The monoisotopic (exact) mass is 295 g/mol. The molecule has 2 N–H and O–H groups in total. The molecule has 0 atom stereocenters. The highest BCUT2D eigenvalue weighted by Gasteiger charge is 2.29. The Kier molecular flexibility index (Phi) is 3.87. The van der Waals surface area contributed by atoms with E-state index in [1.165, 1.54) is 11.8 Å². The number of anilines is 1. The maximum Gasteiger partial charge on any atom is 0.233 e. The average molecular weight is 295 g/mol. The summed E-state index contributed by atoms with van der Waals surface area (Å²) in [5.74, 6) is 1.84. The molecule has 0 radical (unpaired) electrons. The predicted octanol–water partition coefficient (Wildman–Crippen LogP) is 1.55. The zero-order valence-corrected chi connectivity index (χ0v) is 12.6. The first-order valence-corrected chi connectivity index (χ1v) is 8.24. The molecule has 1 aromatic heterocycles. The molecule has 3 rings (SSSR count). The maximum absolute atomic E-state index is 12.2. The average Bonchev–Trinajstić information content (AvgIpc) is 3.21. The lowest BCUT2D eigenvalue weighted by Crippen LogP contribution is -2.38. The molecule has 110 valence electrons. The topological polar surface area (TPSA) is 77.0 Å². The number of carbonyl (C=O) groups is 1. The molecule has 20 heavy (non-hydrogen) atoms. The van der Waals surface area contributed by atoms with E-state index in [9.17, 15) is 4.79 Å². The fourth-order valence-corrected chi connectivity index (χ4v) is 3.45. The van der Waals surface area contributed by atoms with Crippen molar-refractivity contribution in [2.24, 2.45) is 5.92 Å². The minimum absolute atomic E-state index is 0.200. The lowest BCUT2D eigenvalue weighted by molar-refractivity contribution is -0.129. The summed E-state index contributed by atoms with van der Waals surface area (Å²) in [4.78, 5) is 14.2. The van der Waals surface area contributed by atoms with Gasteiger partial charge in [-0.2, -0.15) is 0 Å². The molecule has 2 fully saturated rings. The molecule has 7 heteroatoms. The van der Waals surface area contributed by atoms with Crippen LogP contribution >= 0.6 is 11.8 Å². The van der Waals surface area contributed by atoms with Gasteiger partial charge in [0.05, 0.1) is 5.75 Å². The molecule has 0 spiro atoms. The van der Waals surface area contributed by atoms with Crippen molar-refractivity contribution in [3.8, 4) is 0 Å². The Hall–Kier alpha value is -1.24. The summed E-state index contributed by atoms with van der Waals surface area (Å²) in [6, 6.07) is 0.443. The zero-order chi connectivity index (χ0) is 14.1. The minimum atomic E-state index is 0.200. The van der Waals surface area contributed by atoms with Crippen LogP contribution in [-0.4, -0.2) is 44.4 Å². The number of piperidine rings is 1. The minimum Gasteiger partial charge on any atom is -0.368 e. The maximum atomic E-state index is 12.2. The second-order valence-corrected chi connectivity index (χ2v) is 6.74. The number of carbonyl (C=O) groups excluding carboxylic acids is 1. The van der Waals surface area contributed by atoms with Crippen LogP contribution in [0.5, 0.6) is 0 Å². The van der Waals surface area contributed by atoms with E-state index in [0.29, 0.717) is 17.7 Å². The summed E-state index contributed by atoms with van der Waals surface area (Å²) in [6.07, 6.45) is 4.49. The summed E-state index contributed by atoms with van der Waals surface area (Å²) in [6.45, 7) is 4.02. The Bertz CT molecular complexity index is 491. The van der Waals surface area contributed by atoms with Gasteiger partial charge in [-0.1, -0.05) is 18.7 Å². The van der Waals surface area contributed by atoms with Crippen LogP contribution < -0.4 is 5.73 Å². The van der Waals surface area contributed by atoms with Crippen molar-refractivity contribution in [3.63, 3.8) is 0 Å². The second-order valence-electron chi connectivity index (χ2n) is 5.79. The molecule has 1 aromatic rings.